The Bertz CT molecular complexity index is 8730. The Kier molecular flexibility index (Phi) is 17.5. The summed E-state index contributed by atoms with van der Waals surface area (Å²) in [4.78, 5) is 31.5. The zero-order valence-corrected chi connectivity index (χ0v) is 68.2. The zero-order chi connectivity index (χ0) is 81.7. The Hall–Kier alpha value is -16.0. The molecule has 7 aromatic heterocycles. The number of nitrogens with zero attached hydrogens (tertiary/aromatic N) is 6. The van der Waals surface area contributed by atoms with Crippen molar-refractivity contribution in [3.05, 3.63) is 413 Å². The highest BCUT2D eigenvalue weighted by Crippen LogP contribution is 2.47. The van der Waals surface area contributed by atoms with Crippen LogP contribution in [0.4, 0.5) is 0 Å². The van der Waals surface area contributed by atoms with Crippen molar-refractivity contribution in [2.75, 3.05) is 0 Å². The van der Waals surface area contributed by atoms with Crippen molar-refractivity contribution in [2.24, 2.45) is 0 Å². The van der Waals surface area contributed by atoms with Crippen LogP contribution in [0.15, 0.2) is 421 Å². The van der Waals surface area contributed by atoms with Crippen LogP contribution in [0, 0.1) is 0 Å². The van der Waals surface area contributed by atoms with Gasteiger partial charge in [0.2, 0.25) is 0 Å². The van der Waals surface area contributed by atoms with Gasteiger partial charge in [-0.05, 0) is 163 Å². The molecule has 0 atom stereocenters. The average Bonchev–Trinajstić information content (AvgIpc) is 1.43. The topological polar surface area (TPSA) is 104 Å². The van der Waals surface area contributed by atoms with E-state index < -0.39 is 0 Å². The van der Waals surface area contributed by atoms with E-state index in [0.29, 0.717) is 5.82 Å². The van der Waals surface area contributed by atoms with Gasteiger partial charge in [-0.1, -0.05) is 315 Å². The van der Waals surface area contributed by atoms with Crippen molar-refractivity contribution >= 4 is 172 Å². The number of furan rings is 2. The normalized spacial score (nSPS) is 11.7. The van der Waals surface area contributed by atoms with Crippen LogP contribution in [0.2, 0.25) is 0 Å². The van der Waals surface area contributed by atoms with E-state index in [1.54, 1.807) is 0 Å². The van der Waals surface area contributed by atoms with Gasteiger partial charge in [-0.2, -0.15) is 0 Å². The molecule has 26 aromatic rings. The summed E-state index contributed by atoms with van der Waals surface area (Å²) in [7, 11) is 0. The monoisotopic (exact) mass is 1620 g/mol. The molecule has 0 N–H and O–H groups in total. The van der Waals surface area contributed by atoms with Crippen molar-refractivity contribution in [3.63, 3.8) is 0 Å². The molecule has 19 aromatic carbocycles. The second-order valence-electron chi connectivity index (χ2n) is 31.4. The lowest BCUT2D eigenvalue weighted by Gasteiger charge is -2.13. The molecule has 0 fully saturated rings. The molecule has 0 aliphatic carbocycles. The molecule has 0 unspecified atom stereocenters. The van der Waals surface area contributed by atoms with Crippen molar-refractivity contribution < 1.29 is 8.83 Å². The highest BCUT2D eigenvalue weighted by molar-refractivity contribution is 7.26. The van der Waals surface area contributed by atoms with E-state index in [9.17, 15) is 0 Å². The Morgan fingerprint density at radius 2 is 0.540 bits per heavy atom. The van der Waals surface area contributed by atoms with Crippen molar-refractivity contribution in [1.82, 2.24) is 29.9 Å². The van der Waals surface area contributed by atoms with Crippen LogP contribution in [0.25, 0.3) is 251 Å². The highest BCUT2D eigenvalue weighted by Gasteiger charge is 2.24. The minimum atomic E-state index is 0.698. The highest BCUT2D eigenvalue weighted by atomic mass is 32.1. The minimum absolute atomic E-state index is 0.698. The van der Waals surface area contributed by atoms with E-state index >= 15 is 0 Å². The first kappa shape index (κ1) is 72.1. The third-order valence-electron chi connectivity index (χ3n) is 24.0. The molecule has 0 saturated carbocycles. The molecule has 124 heavy (non-hydrogen) atoms. The Labute approximate surface area is 719 Å². The summed E-state index contributed by atoms with van der Waals surface area (Å²) >= 11 is 3.66. The summed E-state index contributed by atoms with van der Waals surface area (Å²) in [5, 5.41) is 19.7. The molecule has 8 nitrogen and oxygen atoms in total. The summed E-state index contributed by atoms with van der Waals surface area (Å²) in [6.07, 6.45) is 0. The molecule has 26 rings (SSSR count). The van der Waals surface area contributed by atoms with Crippen LogP contribution in [0.3, 0.4) is 0 Å². The van der Waals surface area contributed by atoms with Gasteiger partial charge in [0.15, 0.2) is 17.5 Å². The molecule has 0 bridgehead atoms. The maximum atomic E-state index is 6.39. The molecule has 0 amide bonds. The summed E-state index contributed by atoms with van der Waals surface area (Å²) in [6, 6.07) is 145. The Morgan fingerprint density at radius 1 is 0.169 bits per heavy atom. The molecule has 0 spiro atoms. The lowest BCUT2D eigenvalue weighted by atomic mass is 9.98. The van der Waals surface area contributed by atoms with Gasteiger partial charge in [0.1, 0.15) is 22.3 Å². The van der Waals surface area contributed by atoms with Crippen LogP contribution < -0.4 is 0 Å². The maximum Gasteiger partial charge on any atom is 0.161 e. The fraction of sp³-hybridized carbons (Fsp3) is 0. The first-order valence-corrected chi connectivity index (χ1v) is 43.2. The van der Waals surface area contributed by atoms with E-state index in [1.165, 1.54) is 72.8 Å². The molecule has 0 radical (unpaired) electrons. The van der Waals surface area contributed by atoms with Crippen LogP contribution in [-0.2, 0) is 0 Å². The van der Waals surface area contributed by atoms with Crippen molar-refractivity contribution in [1.29, 1.82) is 0 Å². The number of hydrogen-bond acceptors (Lipinski definition) is 10. The summed E-state index contributed by atoms with van der Waals surface area (Å²) in [5.74, 6) is 2.16. The molecule has 0 aliphatic rings. The van der Waals surface area contributed by atoms with Gasteiger partial charge in [0.25, 0.3) is 0 Å². The Morgan fingerprint density at radius 3 is 1.10 bits per heavy atom. The zero-order valence-electron chi connectivity index (χ0n) is 66.6. The molecular weight excluding hydrogens is 1550 g/mol. The van der Waals surface area contributed by atoms with E-state index in [-0.39, 0.29) is 0 Å². The van der Waals surface area contributed by atoms with Gasteiger partial charge < -0.3 is 8.83 Å². The number of thiophene rings is 2. The smallest absolute Gasteiger partial charge is 0.161 e. The number of hydrogen-bond donors (Lipinski definition) is 0. The standard InChI is InChI=1S/C42H24N2OS.C36H22N2O.C36H22N2S/c1-2-8-26(9-3-1)40-32-19-21-37-39(34-23-28-10-4-5-11-29(28)24-38(34)46-37)41(32)44-42(43-40)27-16-14-25(15-17-27)30-18-20-36-33(22-30)31-12-6-7-13-35(31)45-36;1-3-11-23(12-4-1)27-17-9-10-18-28(27)36-37-34(24-13-5-2-6-14-24)29-19-20-31-33(35(29)38-36)30-21-25-15-7-8-16-26(25)22-32(30)39-31;1-3-10-23(11-4-1)25-16-9-17-28(20-25)36-37-34(24-12-5-2-6-13-24)29-18-19-31-33(35(29)38-36)30-21-26-14-7-8-15-27(26)22-32(30)39-31/h1-24H;2*1-22H. The van der Waals surface area contributed by atoms with E-state index in [4.69, 9.17) is 38.7 Å². The number of benzene rings is 19. The largest absolute Gasteiger partial charge is 0.456 e. The second-order valence-corrected chi connectivity index (χ2v) is 33.6. The van der Waals surface area contributed by atoms with Gasteiger partial charge >= 0.3 is 0 Å². The minimum Gasteiger partial charge on any atom is -0.456 e. The predicted molar refractivity (Wildman–Crippen MR) is 520 cm³/mol. The molecule has 0 aliphatic heterocycles. The first-order valence-electron chi connectivity index (χ1n) is 41.6. The lowest BCUT2D eigenvalue weighted by Crippen LogP contribution is -1.97. The van der Waals surface area contributed by atoms with Crippen LogP contribution >= 0.6 is 22.7 Å². The van der Waals surface area contributed by atoms with Gasteiger partial charge in [-0.15, -0.1) is 22.7 Å². The third kappa shape index (κ3) is 12.7. The van der Waals surface area contributed by atoms with Crippen LogP contribution in [0.1, 0.15) is 0 Å². The number of rotatable bonds is 9. The fourth-order valence-electron chi connectivity index (χ4n) is 18.0. The van der Waals surface area contributed by atoms with Gasteiger partial charge in [0.05, 0.1) is 39.0 Å². The van der Waals surface area contributed by atoms with Gasteiger partial charge in [0, 0.05) is 106 Å². The lowest BCUT2D eigenvalue weighted by molar-refractivity contribution is 0.669. The summed E-state index contributed by atoms with van der Waals surface area (Å²) in [6.45, 7) is 0. The number of fused-ring (bicyclic) bond motifs is 21. The number of para-hydroxylation sites is 1. The first-order chi connectivity index (χ1) is 61.4. The summed E-state index contributed by atoms with van der Waals surface area (Å²) < 4.78 is 17.5. The molecule has 0 saturated heterocycles. The molecule has 10 heteroatoms. The molecular formula is C114H68N6O2S2. The van der Waals surface area contributed by atoms with Crippen LogP contribution in [-0.4, -0.2) is 29.9 Å². The van der Waals surface area contributed by atoms with Crippen molar-refractivity contribution in [3.8, 4) is 101 Å². The van der Waals surface area contributed by atoms with E-state index in [2.05, 4.69) is 370 Å². The Balaban J connectivity index is 0.000000105. The average molecular weight is 1620 g/mol. The number of aromatic nitrogens is 6. The van der Waals surface area contributed by atoms with Crippen molar-refractivity contribution in [2.45, 2.75) is 0 Å². The molecule has 578 valence electrons. The van der Waals surface area contributed by atoms with E-state index in [1.807, 2.05) is 65.1 Å². The van der Waals surface area contributed by atoms with E-state index in [0.717, 1.165) is 172 Å². The maximum absolute atomic E-state index is 6.39. The predicted octanol–water partition coefficient (Wildman–Crippen LogP) is 31.9. The molecule has 7 heterocycles. The second kappa shape index (κ2) is 30.1. The van der Waals surface area contributed by atoms with Gasteiger partial charge in [-0.3, -0.25) is 0 Å². The van der Waals surface area contributed by atoms with Crippen LogP contribution in [0.5, 0.6) is 0 Å². The SMILES string of the molecule is c1ccc(-c2cccc(-c3nc(-c4ccccc4)c4ccc5sc6cc7ccccc7cc6c5c4n3)c2)cc1.c1ccc(-c2ccccc2-c2nc(-c3ccccc3)c3ccc4oc5cc6ccccc6cc5c4c3n2)cc1.c1ccc(-c2nc(-c3ccc(-c4ccc5oc6ccccc6c5c4)cc3)nc3c2ccc2sc4cc5ccccc5cc4c23)cc1. The van der Waals surface area contributed by atoms with Gasteiger partial charge in [-0.25, -0.2) is 29.9 Å². The summed E-state index contributed by atoms with van der Waals surface area (Å²) in [5.41, 5.74) is 22.3. The quantitative estimate of drug-likeness (QED) is 0.141. The fourth-order valence-corrected chi connectivity index (χ4v) is 20.3. The third-order valence-corrected chi connectivity index (χ3v) is 26.2.